The number of hydrogen-bond donors (Lipinski definition) is 1. The highest BCUT2D eigenvalue weighted by molar-refractivity contribution is 5.54. The summed E-state index contributed by atoms with van der Waals surface area (Å²) in [7, 11) is 4.09. The fraction of sp³-hybridized carbons (Fsp3) is 0.571. The zero-order chi connectivity index (χ0) is 12.8. The maximum Gasteiger partial charge on any atom is 0.0594 e. The summed E-state index contributed by atoms with van der Waals surface area (Å²) in [6.45, 7) is 6.03. The van der Waals surface area contributed by atoms with Crippen molar-refractivity contribution in [2.24, 2.45) is 0 Å². The van der Waals surface area contributed by atoms with Gasteiger partial charge in [0.25, 0.3) is 0 Å². The van der Waals surface area contributed by atoms with Crippen LogP contribution in [0.15, 0.2) is 24.3 Å². The highest BCUT2D eigenvalue weighted by atomic mass is 16.5. The molecule has 0 saturated carbocycles. The van der Waals surface area contributed by atoms with Gasteiger partial charge in [0.2, 0.25) is 0 Å². The summed E-state index contributed by atoms with van der Waals surface area (Å²) in [6, 6.07) is 8.54. The zero-order valence-electron chi connectivity index (χ0n) is 11.4. The molecule has 1 aromatic carbocycles. The Hall–Kier alpha value is -1.26. The van der Waals surface area contributed by atoms with E-state index in [-0.39, 0.29) is 0 Å². The molecule has 0 amide bonds. The van der Waals surface area contributed by atoms with Crippen molar-refractivity contribution in [1.29, 1.82) is 0 Å². The van der Waals surface area contributed by atoms with Gasteiger partial charge in [-0.15, -0.1) is 0 Å². The van der Waals surface area contributed by atoms with Crippen molar-refractivity contribution in [2.75, 3.05) is 63.7 Å². The number of benzene rings is 1. The average Bonchev–Trinajstić information content (AvgIpc) is 2.46. The summed E-state index contributed by atoms with van der Waals surface area (Å²) in [6.07, 6.45) is 0. The van der Waals surface area contributed by atoms with Crippen LogP contribution in [0.1, 0.15) is 0 Å². The van der Waals surface area contributed by atoms with Crippen LogP contribution in [0, 0.1) is 0 Å². The third kappa shape index (κ3) is 3.62. The lowest BCUT2D eigenvalue weighted by atomic mass is 10.2. The van der Waals surface area contributed by atoms with Gasteiger partial charge in [-0.05, 0) is 24.3 Å². The maximum atomic E-state index is 5.35. The molecule has 1 aliphatic rings. The molecule has 100 valence electrons. The van der Waals surface area contributed by atoms with E-state index < -0.39 is 0 Å². The molecule has 1 heterocycles. The molecule has 1 aliphatic heterocycles. The smallest absolute Gasteiger partial charge is 0.0594 e. The summed E-state index contributed by atoms with van der Waals surface area (Å²) < 4.78 is 5.35. The molecular weight excluding hydrogens is 226 g/mol. The summed E-state index contributed by atoms with van der Waals surface area (Å²) in [5.74, 6) is 0. The molecule has 0 aromatic heterocycles. The second-order valence-electron chi connectivity index (χ2n) is 4.67. The van der Waals surface area contributed by atoms with Gasteiger partial charge in [0.1, 0.15) is 0 Å². The fourth-order valence-corrected chi connectivity index (χ4v) is 2.13. The second-order valence-corrected chi connectivity index (χ2v) is 4.67. The van der Waals surface area contributed by atoms with Crippen molar-refractivity contribution in [3.63, 3.8) is 0 Å². The van der Waals surface area contributed by atoms with Crippen LogP contribution < -0.4 is 10.2 Å². The Morgan fingerprint density at radius 3 is 2.50 bits per heavy atom. The summed E-state index contributed by atoms with van der Waals surface area (Å²) in [4.78, 5) is 4.76. The molecule has 0 unspecified atom stereocenters. The van der Waals surface area contributed by atoms with E-state index in [0.717, 1.165) is 45.1 Å². The fourth-order valence-electron chi connectivity index (χ4n) is 2.13. The first-order valence-electron chi connectivity index (χ1n) is 6.58. The normalized spacial score (nSPS) is 16.6. The van der Waals surface area contributed by atoms with Crippen LogP contribution in [0.5, 0.6) is 0 Å². The number of hydrogen-bond acceptors (Lipinski definition) is 4. The molecule has 1 saturated heterocycles. The highest BCUT2D eigenvalue weighted by Crippen LogP contribution is 2.16. The van der Waals surface area contributed by atoms with Gasteiger partial charge >= 0.3 is 0 Å². The first kappa shape index (κ1) is 13.2. The van der Waals surface area contributed by atoms with Crippen LogP contribution in [-0.2, 0) is 4.74 Å². The van der Waals surface area contributed by atoms with Crippen molar-refractivity contribution in [2.45, 2.75) is 0 Å². The van der Waals surface area contributed by atoms with Crippen LogP contribution in [0.2, 0.25) is 0 Å². The Balaban J connectivity index is 1.80. The average molecular weight is 249 g/mol. The van der Waals surface area contributed by atoms with E-state index in [4.69, 9.17) is 4.74 Å². The minimum Gasteiger partial charge on any atom is -0.388 e. The van der Waals surface area contributed by atoms with Gasteiger partial charge in [0, 0.05) is 51.6 Å². The highest BCUT2D eigenvalue weighted by Gasteiger charge is 2.10. The number of nitrogens with zero attached hydrogens (tertiary/aromatic N) is 2. The lowest BCUT2D eigenvalue weighted by Crippen LogP contribution is -2.40. The van der Waals surface area contributed by atoms with Gasteiger partial charge in [0.05, 0.1) is 13.2 Å². The van der Waals surface area contributed by atoms with E-state index in [9.17, 15) is 0 Å². The zero-order valence-corrected chi connectivity index (χ0v) is 11.4. The van der Waals surface area contributed by atoms with Gasteiger partial charge in [-0.25, -0.2) is 0 Å². The van der Waals surface area contributed by atoms with E-state index in [1.807, 2.05) is 7.05 Å². The van der Waals surface area contributed by atoms with Crippen molar-refractivity contribution in [3.05, 3.63) is 24.3 Å². The van der Waals surface area contributed by atoms with Crippen molar-refractivity contribution in [1.82, 2.24) is 4.90 Å². The molecule has 18 heavy (non-hydrogen) atoms. The molecule has 4 heteroatoms. The molecular formula is C14H23N3O. The first-order valence-corrected chi connectivity index (χ1v) is 6.58. The summed E-state index contributed by atoms with van der Waals surface area (Å²) in [5, 5.41) is 3.14. The number of anilines is 2. The Labute approximate surface area is 110 Å². The van der Waals surface area contributed by atoms with Crippen molar-refractivity contribution in [3.8, 4) is 0 Å². The lowest BCUT2D eigenvalue weighted by Gasteiger charge is -2.29. The van der Waals surface area contributed by atoms with Gasteiger partial charge < -0.3 is 15.0 Å². The monoisotopic (exact) mass is 249 g/mol. The topological polar surface area (TPSA) is 27.7 Å². The van der Waals surface area contributed by atoms with Crippen LogP contribution >= 0.6 is 0 Å². The van der Waals surface area contributed by atoms with E-state index in [2.05, 4.69) is 46.4 Å². The number of morpholine rings is 1. The Morgan fingerprint density at radius 1 is 1.22 bits per heavy atom. The summed E-state index contributed by atoms with van der Waals surface area (Å²) >= 11 is 0. The quantitative estimate of drug-likeness (QED) is 0.856. The minimum absolute atomic E-state index is 0.876. The number of rotatable bonds is 5. The molecule has 0 radical (unpaired) electrons. The molecule has 4 nitrogen and oxygen atoms in total. The molecule has 1 N–H and O–H groups in total. The number of likely N-dealkylation sites (N-methyl/N-ethyl adjacent to an activating group) is 1. The predicted molar refractivity (Wildman–Crippen MR) is 76.5 cm³/mol. The largest absolute Gasteiger partial charge is 0.388 e. The summed E-state index contributed by atoms with van der Waals surface area (Å²) in [5.41, 5.74) is 2.42. The Morgan fingerprint density at radius 2 is 1.89 bits per heavy atom. The first-order chi connectivity index (χ1) is 8.79. The molecule has 0 spiro atoms. The third-order valence-electron chi connectivity index (χ3n) is 3.45. The Bertz CT molecular complexity index is 347. The van der Waals surface area contributed by atoms with Gasteiger partial charge in [-0.2, -0.15) is 0 Å². The molecule has 0 atom stereocenters. The Kier molecular flexibility index (Phi) is 4.84. The van der Waals surface area contributed by atoms with Crippen LogP contribution in [0.25, 0.3) is 0 Å². The molecule has 2 rings (SSSR count). The van der Waals surface area contributed by atoms with Gasteiger partial charge in [-0.3, -0.25) is 4.90 Å². The van der Waals surface area contributed by atoms with E-state index in [1.165, 1.54) is 5.69 Å². The standard InChI is InChI=1S/C14H23N3O/c1-15-13-3-5-14(6-4-13)16(2)7-8-17-9-11-18-12-10-17/h3-6,15H,7-12H2,1-2H3. The van der Waals surface area contributed by atoms with Gasteiger partial charge in [0.15, 0.2) is 0 Å². The number of nitrogens with one attached hydrogen (secondary N) is 1. The molecule has 1 fully saturated rings. The third-order valence-corrected chi connectivity index (χ3v) is 3.45. The van der Waals surface area contributed by atoms with Gasteiger partial charge in [-0.1, -0.05) is 0 Å². The van der Waals surface area contributed by atoms with Crippen molar-refractivity contribution < 1.29 is 4.74 Å². The van der Waals surface area contributed by atoms with Crippen molar-refractivity contribution >= 4 is 11.4 Å². The molecule has 1 aromatic rings. The maximum absolute atomic E-state index is 5.35. The van der Waals surface area contributed by atoms with Crippen LogP contribution in [-0.4, -0.2) is 58.4 Å². The van der Waals surface area contributed by atoms with E-state index >= 15 is 0 Å². The molecule has 0 aliphatic carbocycles. The SMILES string of the molecule is CNc1ccc(N(C)CCN2CCOCC2)cc1. The minimum atomic E-state index is 0.876. The van der Waals surface area contributed by atoms with Crippen LogP contribution in [0.3, 0.4) is 0 Å². The molecule has 0 bridgehead atoms. The predicted octanol–water partition coefficient (Wildman–Crippen LogP) is 1.50. The van der Waals surface area contributed by atoms with Crippen LogP contribution in [0.4, 0.5) is 11.4 Å². The lowest BCUT2D eigenvalue weighted by molar-refractivity contribution is 0.0393. The van der Waals surface area contributed by atoms with E-state index in [1.54, 1.807) is 0 Å². The second kappa shape index (κ2) is 6.61. The number of ether oxygens (including phenoxy) is 1. The van der Waals surface area contributed by atoms with E-state index in [0.29, 0.717) is 0 Å².